The maximum atomic E-state index is 4.61. The fraction of sp³-hybridized carbons (Fsp3) is 0.0714. The lowest BCUT2D eigenvalue weighted by Gasteiger charge is -2.00. The van der Waals surface area contributed by atoms with Crippen LogP contribution >= 0.6 is 15.9 Å². The second kappa shape index (κ2) is 4.00. The number of fused-ring (bicyclic) bond motifs is 1. The van der Waals surface area contributed by atoms with E-state index in [0.29, 0.717) is 0 Å². The van der Waals surface area contributed by atoms with Crippen LogP contribution < -0.4 is 0 Å². The van der Waals surface area contributed by atoms with E-state index in [2.05, 4.69) is 45.0 Å². The Bertz CT molecular complexity index is 686. The van der Waals surface area contributed by atoms with E-state index >= 15 is 0 Å². The number of hydrogen-bond acceptors (Lipinski definition) is 1. The van der Waals surface area contributed by atoms with Gasteiger partial charge < -0.3 is 4.98 Å². The van der Waals surface area contributed by atoms with E-state index in [0.717, 1.165) is 26.9 Å². The molecular weight excluding hydrogens is 276 g/mol. The third-order valence-electron chi connectivity index (χ3n) is 2.84. The van der Waals surface area contributed by atoms with Crippen molar-refractivity contribution in [3.05, 3.63) is 52.5 Å². The summed E-state index contributed by atoms with van der Waals surface area (Å²) in [5, 5.41) is 0. The first-order valence-electron chi connectivity index (χ1n) is 5.45. The zero-order valence-electron chi connectivity index (χ0n) is 9.37. The number of imidazole rings is 1. The van der Waals surface area contributed by atoms with Gasteiger partial charge in [0, 0.05) is 10.0 Å². The van der Waals surface area contributed by atoms with Crippen LogP contribution in [0, 0.1) is 6.92 Å². The van der Waals surface area contributed by atoms with Crippen LogP contribution in [0.25, 0.3) is 22.4 Å². The Morgan fingerprint density at radius 2 is 1.94 bits per heavy atom. The van der Waals surface area contributed by atoms with E-state index in [1.165, 1.54) is 5.56 Å². The van der Waals surface area contributed by atoms with Crippen LogP contribution in [-0.4, -0.2) is 9.97 Å². The van der Waals surface area contributed by atoms with Gasteiger partial charge in [-0.05, 0) is 30.7 Å². The SMILES string of the molecule is Cc1ccccc1-c1nc2ccc(Br)cc2[nH]1. The fourth-order valence-corrected chi connectivity index (χ4v) is 2.31. The number of aromatic amines is 1. The summed E-state index contributed by atoms with van der Waals surface area (Å²) in [7, 11) is 0. The molecule has 1 heterocycles. The Morgan fingerprint density at radius 1 is 1.12 bits per heavy atom. The number of halogens is 1. The van der Waals surface area contributed by atoms with Gasteiger partial charge in [-0.1, -0.05) is 40.2 Å². The highest BCUT2D eigenvalue weighted by Crippen LogP contribution is 2.24. The van der Waals surface area contributed by atoms with Crippen molar-refractivity contribution < 1.29 is 0 Å². The zero-order valence-corrected chi connectivity index (χ0v) is 11.0. The molecule has 0 unspecified atom stereocenters. The van der Waals surface area contributed by atoms with E-state index in [1.54, 1.807) is 0 Å². The third kappa shape index (κ3) is 1.87. The summed E-state index contributed by atoms with van der Waals surface area (Å²) in [5.41, 5.74) is 4.43. The van der Waals surface area contributed by atoms with Gasteiger partial charge in [-0.2, -0.15) is 0 Å². The van der Waals surface area contributed by atoms with Gasteiger partial charge in [-0.3, -0.25) is 0 Å². The molecule has 0 aliphatic rings. The minimum Gasteiger partial charge on any atom is -0.338 e. The highest BCUT2D eigenvalue weighted by atomic mass is 79.9. The lowest BCUT2D eigenvalue weighted by atomic mass is 10.1. The second-order valence-corrected chi connectivity index (χ2v) is 4.98. The van der Waals surface area contributed by atoms with Gasteiger partial charge >= 0.3 is 0 Å². The number of aromatic nitrogens is 2. The highest BCUT2D eigenvalue weighted by Gasteiger charge is 2.07. The van der Waals surface area contributed by atoms with Crippen molar-refractivity contribution >= 4 is 27.0 Å². The van der Waals surface area contributed by atoms with Crippen molar-refractivity contribution in [2.24, 2.45) is 0 Å². The van der Waals surface area contributed by atoms with Crippen LogP contribution in [0.1, 0.15) is 5.56 Å². The molecule has 84 valence electrons. The summed E-state index contributed by atoms with van der Waals surface area (Å²) in [6.45, 7) is 2.10. The van der Waals surface area contributed by atoms with Crippen molar-refractivity contribution in [2.45, 2.75) is 6.92 Å². The van der Waals surface area contributed by atoms with Gasteiger partial charge in [0.1, 0.15) is 5.82 Å². The first-order chi connectivity index (χ1) is 8.24. The van der Waals surface area contributed by atoms with E-state index in [4.69, 9.17) is 0 Å². The van der Waals surface area contributed by atoms with E-state index < -0.39 is 0 Å². The Hall–Kier alpha value is -1.61. The molecule has 2 aromatic carbocycles. The molecule has 3 heteroatoms. The molecule has 17 heavy (non-hydrogen) atoms. The predicted molar refractivity (Wildman–Crippen MR) is 74.0 cm³/mol. The highest BCUT2D eigenvalue weighted by molar-refractivity contribution is 9.10. The molecule has 0 fully saturated rings. The van der Waals surface area contributed by atoms with Gasteiger partial charge in [0.05, 0.1) is 11.0 Å². The van der Waals surface area contributed by atoms with Crippen molar-refractivity contribution in [3.63, 3.8) is 0 Å². The second-order valence-electron chi connectivity index (χ2n) is 4.06. The largest absolute Gasteiger partial charge is 0.338 e. The molecule has 0 atom stereocenters. The Balaban J connectivity index is 2.22. The van der Waals surface area contributed by atoms with Gasteiger partial charge in [-0.25, -0.2) is 4.98 Å². The van der Waals surface area contributed by atoms with Crippen molar-refractivity contribution in [1.29, 1.82) is 0 Å². The number of hydrogen-bond donors (Lipinski definition) is 1. The zero-order chi connectivity index (χ0) is 11.8. The molecular formula is C14H11BrN2. The molecule has 3 aromatic rings. The monoisotopic (exact) mass is 286 g/mol. The van der Waals surface area contributed by atoms with E-state index in [9.17, 15) is 0 Å². The van der Waals surface area contributed by atoms with Gasteiger partial charge in [0.2, 0.25) is 0 Å². The van der Waals surface area contributed by atoms with Crippen molar-refractivity contribution in [1.82, 2.24) is 9.97 Å². The van der Waals surface area contributed by atoms with E-state index in [-0.39, 0.29) is 0 Å². The lowest BCUT2D eigenvalue weighted by Crippen LogP contribution is -1.83. The smallest absolute Gasteiger partial charge is 0.138 e. The summed E-state index contributed by atoms with van der Waals surface area (Å²) >= 11 is 3.46. The maximum Gasteiger partial charge on any atom is 0.138 e. The molecule has 0 bridgehead atoms. The topological polar surface area (TPSA) is 28.7 Å². The molecule has 0 aliphatic carbocycles. The molecule has 0 amide bonds. The summed E-state index contributed by atoms with van der Waals surface area (Å²) in [4.78, 5) is 7.96. The van der Waals surface area contributed by atoms with Gasteiger partial charge in [0.15, 0.2) is 0 Å². The molecule has 0 radical (unpaired) electrons. The third-order valence-corrected chi connectivity index (χ3v) is 3.34. The molecule has 0 aliphatic heterocycles. The molecule has 1 N–H and O–H groups in total. The molecule has 0 saturated heterocycles. The summed E-state index contributed by atoms with van der Waals surface area (Å²) in [5.74, 6) is 0.927. The van der Waals surface area contributed by atoms with Crippen LogP contribution in [0.15, 0.2) is 46.9 Å². The van der Waals surface area contributed by atoms with Gasteiger partial charge in [0.25, 0.3) is 0 Å². The minimum absolute atomic E-state index is 0.927. The van der Waals surface area contributed by atoms with Crippen LogP contribution in [0.4, 0.5) is 0 Å². The number of H-pyrrole nitrogens is 1. The van der Waals surface area contributed by atoms with E-state index in [1.807, 2.05) is 30.3 Å². The summed E-state index contributed by atoms with van der Waals surface area (Å²) < 4.78 is 1.06. The Morgan fingerprint density at radius 3 is 2.76 bits per heavy atom. The van der Waals surface area contributed by atoms with Crippen molar-refractivity contribution in [2.75, 3.05) is 0 Å². The normalized spacial score (nSPS) is 10.9. The first-order valence-corrected chi connectivity index (χ1v) is 6.24. The Labute approximate surface area is 108 Å². The number of nitrogens with zero attached hydrogens (tertiary/aromatic N) is 1. The molecule has 3 rings (SSSR count). The number of rotatable bonds is 1. The number of benzene rings is 2. The van der Waals surface area contributed by atoms with Crippen LogP contribution in [0.5, 0.6) is 0 Å². The first kappa shape index (κ1) is 10.5. The number of nitrogens with one attached hydrogen (secondary N) is 1. The fourth-order valence-electron chi connectivity index (χ4n) is 1.95. The van der Waals surface area contributed by atoms with Crippen molar-refractivity contribution in [3.8, 4) is 11.4 Å². The molecule has 0 saturated carbocycles. The average molecular weight is 287 g/mol. The predicted octanol–water partition coefficient (Wildman–Crippen LogP) is 4.30. The maximum absolute atomic E-state index is 4.61. The standard InChI is InChI=1S/C14H11BrN2/c1-9-4-2-3-5-11(9)14-16-12-7-6-10(15)8-13(12)17-14/h2-8H,1H3,(H,16,17). The molecule has 1 aromatic heterocycles. The number of aryl methyl sites for hydroxylation is 1. The van der Waals surface area contributed by atoms with Crippen LogP contribution in [0.2, 0.25) is 0 Å². The average Bonchev–Trinajstić information content (AvgIpc) is 2.72. The summed E-state index contributed by atoms with van der Waals surface area (Å²) in [6.07, 6.45) is 0. The lowest BCUT2D eigenvalue weighted by molar-refractivity contribution is 1.31. The summed E-state index contributed by atoms with van der Waals surface area (Å²) in [6, 6.07) is 14.3. The van der Waals surface area contributed by atoms with Crippen LogP contribution in [0.3, 0.4) is 0 Å². The molecule has 0 spiro atoms. The molecule has 2 nitrogen and oxygen atoms in total. The quantitative estimate of drug-likeness (QED) is 0.710. The van der Waals surface area contributed by atoms with Gasteiger partial charge in [-0.15, -0.1) is 0 Å². The van der Waals surface area contributed by atoms with Crippen LogP contribution in [-0.2, 0) is 0 Å². The minimum atomic E-state index is 0.927. The Kier molecular flexibility index (Phi) is 2.48.